The van der Waals surface area contributed by atoms with Crippen molar-refractivity contribution in [2.24, 2.45) is 0 Å². The molecule has 0 aliphatic carbocycles. The minimum atomic E-state index is -0.155. The van der Waals surface area contributed by atoms with Crippen molar-refractivity contribution in [3.8, 4) is 22.5 Å². The van der Waals surface area contributed by atoms with E-state index in [0.29, 0.717) is 11.3 Å². The lowest BCUT2D eigenvalue weighted by molar-refractivity contribution is 0.899. The average molecular weight is 319 g/mol. The van der Waals surface area contributed by atoms with Crippen LogP contribution < -0.4 is 5.56 Å². The predicted octanol–water partition coefficient (Wildman–Crippen LogP) is 2.95. The fraction of sp³-hybridized carbons (Fsp3) is 0.167. The number of aryl methyl sites for hydroxylation is 1. The van der Waals surface area contributed by atoms with Gasteiger partial charge in [0.2, 0.25) is 0 Å². The highest BCUT2D eigenvalue weighted by atomic mass is 16.1. The molecule has 120 valence electrons. The molecule has 0 radical (unpaired) electrons. The molecule has 0 saturated carbocycles. The van der Waals surface area contributed by atoms with E-state index in [0.717, 1.165) is 34.5 Å². The molecular weight excluding hydrogens is 302 g/mol. The molecule has 0 unspecified atom stereocenters. The molecule has 24 heavy (non-hydrogen) atoms. The zero-order valence-electron chi connectivity index (χ0n) is 13.5. The molecule has 3 aromatic heterocycles. The van der Waals surface area contributed by atoms with Crippen molar-refractivity contribution < 1.29 is 0 Å². The van der Waals surface area contributed by atoms with Gasteiger partial charge in [0.05, 0.1) is 5.69 Å². The molecule has 0 fully saturated rings. The van der Waals surface area contributed by atoms with E-state index in [4.69, 9.17) is 4.98 Å². The predicted molar refractivity (Wildman–Crippen MR) is 92.9 cm³/mol. The molecule has 3 heterocycles. The SMILES string of the molecule is CCc1[nH]nc(-c2cc(=O)n3[nH]cc(-c4ccccc4)c3n2)c1C. The zero-order valence-corrected chi connectivity index (χ0v) is 13.5. The third-order valence-electron chi connectivity index (χ3n) is 4.29. The second-order valence-electron chi connectivity index (χ2n) is 5.72. The summed E-state index contributed by atoms with van der Waals surface area (Å²) < 4.78 is 1.45. The number of nitrogens with zero attached hydrogens (tertiary/aromatic N) is 3. The number of hydrogen-bond acceptors (Lipinski definition) is 3. The first-order chi connectivity index (χ1) is 11.7. The quantitative estimate of drug-likeness (QED) is 0.609. The van der Waals surface area contributed by atoms with E-state index in [9.17, 15) is 4.79 Å². The number of nitrogens with one attached hydrogen (secondary N) is 2. The van der Waals surface area contributed by atoms with E-state index in [2.05, 4.69) is 22.2 Å². The minimum Gasteiger partial charge on any atom is -0.296 e. The number of hydrogen-bond donors (Lipinski definition) is 2. The summed E-state index contributed by atoms with van der Waals surface area (Å²) in [5.74, 6) is 0. The molecule has 0 bridgehead atoms. The Morgan fingerprint density at radius 2 is 2.00 bits per heavy atom. The summed E-state index contributed by atoms with van der Waals surface area (Å²) >= 11 is 0. The van der Waals surface area contributed by atoms with E-state index in [-0.39, 0.29) is 5.56 Å². The summed E-state index contributed by atoms with van der Waals surface area (Å²) in [6.07, 6.45) is 2.66. The number of H-pyrrole nitrogens is 2. The number of rotatable bonds is 3. The third-order valence-corrected chi connectivity index (χ3v) is 4.29. The Hall–Kier alpha value is -3.15. The number of aromatic nitrogens is 5. The lowest BCUT2D eigenvalue weighted by Gasteiger charge is -2.02. The lowest BCUT2D eigenvalue weighted by Crippen LogP contribution is -2.14. The molecule has 0 spiro atoms. The van der Waals surface area contributed by atoms with Crippen molar-refractivity contribution in [2.45, 2.75) is 20.3 Å². The maximum Gasteiger partial charge on any atom is 0.273 e. The van der Waals surface area contributed by atoms with Crippen LogP contribution in [-0.4, -0.2) is 24.8 Å². The number of aromatic amines is 2. The number of fused-ring (bicyclic) bond motifs is 1. The maximum atomic E-state index is 12.5. The summed E-state index contributed by atoms with van der Waals surface area (Å²) in [5, 5.41) is 10.3. The van der Waals surface area contributed by atoms with Gasteiger partial charge < -0.3 is 0 Å². The van der Waals surface area contributed by atoms with Crippen molar-refractivity contribution in [1.29, 1.82) is 0 Å². The largest absolute Gasteiger partial charge is 0.296 e. The Labute approximate surface area is 138 Å². The maximum absolute atomic E-state index is 12.5. The molecule has 1 aromatic carbocycles. The van der Waals surface area contributed by atoms with Crippen LogP contribution in [0.2, 0.25) is 0 Å². The highest BCUT2D eigenvalue weighted by Gasteiger charge is 2.15. The van der Waals surface area contributed by atoms with Crippen LogP contribution >= 0.6 is 0 Å². The summed E-state index contributed by atoms with van der Waals surface area (Å²) in [7, 11) is 0. The van der Waals surface area contributed by atoms with Crippen molar-refractivity contribution in [3.63, 3.8) is 0 Å². The Kier molecular flexibility index (Phi) is 3.30. The van der Waals surface area contributed by atoms with Gasteiger partial charge in [-0.25, -0.2) is 9.50 Å². The van der Waals surface area contributed by atoms with E-state index in [1.165, 1.54) is 10.6 Å². The first kappa shape index (κ1) is 14.4. The van der Waals surface area contributed by atoms with Gasteiger partial charge in [0, 0.05) is 23.5 Å². The van der Waals surface area contributed by atoms with Gasteiger partial charge in [-0.1, -0.05) is 37.3 Å². The Balaban J connectivity index is 1.96. The Morgan fingerprint density at radius 3 is 2.71 bits per heavy atom. The normalized spacial score (nSPS) is 11.2. The average Bonchev–Trinajstić information content (AvgIpc) is 3.19. The Morgan fingerprint density at radius 1 is 1.21 bits per heavy atom. The van der Waals surface area contributed by atoms with Gasteiger partial charge in [-0.15, -0.1) is 0 Å². The molecule has 4 aromatic rings. The fourth-order valence-corrected chi connectivity index (χ4v) is 2.96. The van der Waals surface area contributed by atoms with Gasteiger partial charge in [0.1, 0.15) is 5.69 Å². The van der Waals surface area contributed by atoms with Crippen LogP contribution in [0, 0.1) is 6.92 Å². The highest BCUT2D eigenvalue weighted by Crippen LogP contribution is 2.25. The fourth-order valence-electron chi connectivity index (χ4n) is 2.96. The van der Waals surface area contributed by atoms with Crippen LogP contribution in [0.4, 0.5) is 0 Å². The van der Waals surface area contributed by atoms with Crippen molar-refractivity contribution in [2.75, 3.05) is 0 Å². The van der Waals surface area contributed by atoms with E-state index >= 15 is 0 Å². The van der Waals surface area contributed by atoms with E-state index in [1.807, 2.05) is 37.3 Å². The second kappa shape index (κ2) is 5.49. The van der Waals surface area contributed by atoms with Crippen LogP contribution in [0.25, 0.3) is 28.2 Å². The standard InChI is InChI=1S/C18H17N5O/c1-3-14-11(2)17(22-21-14)15-9-16(24)23-18(20-15)13(10-19-23)12-7-5-4-6-8-12/h4-10,19H,3H2,1-2H3,(H,21,22). The van der Waals surface area contributed by atoms with Gasteiger partial charge in [-0.3, -0.25) is 15.0 Å². The first-order valence-electron chi connectivity index (χ1n) is 7.90. The molecule has 0 amide bonds. The van der Waals surface area contributed by atoms with Gasteiger partial charge in [-0.2, -0.15) is 5.10 Å². The lowest BCUT2D eigenvalue weighted by atomic mass is 10.1. The first-order valence-corrected chi connectivity index (χ1v) is 7.90. The summed E-state index contributed by atoms with van der Waals surface area (Å²) in [6.45, 7) is 4.06. The van der Waals surface area contributed by atoms with E-state index in [1.54, 1.807) is 6.20 Å². The van der Waals surface area contributed by atoms with Crippen molar-refractivity contribution in [3.05, 3.63) is 64.2 Å². The molecular formula is C18H17N5O. The third kappa shape index (κ3) is 2.15. The van der Waals surface area contributed by atoms with E-state index < -0.39 is 0 Å². The van der Waals surface area contributed by atoms with Crippen molar-refractivity contribution >= 4 is 5.65 Å². The summed E-state index contributed by atoms with van der Waals surface area (Å²) in [5.41, 5.74) is 5.75. The molecule has 0 saturated heterocycles. The Bertz CT molecular complexity index is 1070. The van der Waals surface area contributed by atoms with Crippen LogP contribution in [0.1, 0.15) is 18.2 Å². The molecule has 4 rings (SSSR count). The smallest absolute Gasteiger partial charge is 0.273 e. The van der Waals surface area contributed by atoms with Crippen LogP contribution in [0.5, 0.6) is 0 Å². The van der Waals surface area contributed by atoms with Crippen LogP contribution in [-0.2, 0) is 6.42 Å². The molecule has 0 atom stereocenters. The van der Waals surface area contributed by atoms with Gasteiger partial charge >= 0.3 is 0 Å². The molecule has 2 N–H and O–H groups in total. The second-order valence-corrected chi connectivity index (χ2v) is 5.72. The van der Waals surface area contributed by atoms with Gasteiger partial charge in [0.25, 0.3) is 5.56 Å². The monoisotopic (exact) mass is 319 g/mol. The minimum absolute atomic E-state index is 0.155. The molecule has 0 aliphatic heterocycles. The molecule has 6 nitrogen and oxygen atoms in total. The molecule has 0 aliphatic rings. The van der Waals surface area contributed by atoms with Crippen molar-refractivity contribution in [1.82, 2.24) is 24.8 Å². The van der Waals surface area contributed by atoms with Crippen LogP contribution in [0.15, 0.2) is 47.4 Å². The summed E-state index contributed by atoms with van der Waals surface area (Å²) in [4.78, 5) is 17.2. The zero-order chi connectivity index (χ0) is 16.7. The topological polar surface area (TPSA) is 78.8 Å². The van der Waals surface area contributed by atoms with Gasteiger partial charge in [0.15, 0.2) is 5.65 Å². The highest BCUT2D eigenvalue weighted by molar-refractivity contribution is 5.78. The summed E-state index contributed by atoms with van der Waals surface area (Å²) in [6, 6.07) is 11.4. The molecule has 6 heteroatoms. The van der Waals surface area contributed by atoms with Crippen LogP contribution in [0.3, 0.4) is 0 Å². The number of benzene rings is 1. The van der Waals surface area contributed by atoms with Gasteiger partial charge in [-0.05, 0) is 24.5 Å².